The van der Waals surface area contributed by atoms with Gasteiger partial charge in [0.25, 0.3) is 0 Å². The third kappa shape index (κ3) is 10.7. The van der Waals surface area contributed by atoms with E-state index in [0.717, 1.165) is 45.4 Å². The molecule has 0 radical (unpaired) electrons. The van der Waals surface area contributed by atoms with Crippen molar-refractivity contribution in [1.29, 1.82) is 0 Å². The molecule has 2 aromatic rings. The van der Waals surface area contributed by atoms with Gasteiger partial charge in [-0.15, -0.1) is 0 Å². The van der Waals surface area contributed by atoms with Crippen molar-refractivity contribution in [2.45, 2.75) is 92.0 Å². The molecule has 0 amide bonds. The Bertz CT molecular complexity index is 756. The molecule has 2 unspecified atom stereocenters. The third-order valence-electron chi connectivity index (χ3n) is 7.79. The molecule has 0 heterocycles. The highest BCUT2D eigenvalue weighted by molar-refractivity contribution is 5.17. The first-order chi connectivity index (χ1) is 17.4. The summed E-state index contributed by atoms with van der Waals surface area (Å²) in [6.45, 7) is 17.7. The number of nitrogens with zero attached hydrogens (tertiary/aromatic N) is 1. The predicted octanol–water partition coefficient (Wildman–Crippen LogP) is 6.10. The molecule has 4 heteroatoms. The van der Waals surface area contributed by atoms with Gasteiger partial charge in [0.15, 0.2) is 0 Å². The number of hydrogen-bond acceptors (Lipinski definition) is 4. The van der Waals surface area contributed by atoms with Crippen LogP contribution in [-0.2, 0) is 13.1 Å². The molecule has 3 N–H and O–H groups in total. The zero-order valence-electron chi connectivity index (χ0n) is 23.8. The molecule has 4 nitrogen and oxygen atoms in total. The average molecular weight is 496 g/mol. The maximum absolute atomic E-state index is 9.92. The largest absolute Gasteiger partial charge is 0.395 e. The van der Waals surface area contributed by atoms with Crippen molar-refractivity contribution in [3.63, 3.8) is 0 Å². The van der Waals surface area contributed by atoms with Crippen molar-refractivity contribution < 1.29 is 5.11 Å². The molecular formula is C32H53N3O. The summed E-state index contributed by atoms with van der Waals surface area (Å²) in [5.41, 5.74) is 2.73. The second-order valence-corrected chi connectivity index (χ2v) is 11.1. The topological polar surface area (TPSA) is 47.5 Å². The number of aliphatic hydroxyl groups is 1. The van der Waals surface area contributed by atoms with Crippen LogP contribution in [0.1, 0.15) is 71.9 Å². The maximum Gasteiger partial charge on any atom is 0.0587 e. The molecule has 2 rings (SSSR count). The molecule has 0 bridgehead atoms. The van der Waals surface area contributed by atoms with Crippen molar-refractivity contribution in [1.82, 2.24) is 15.5 Å². The fraction of sp³-hybridized carbons (Fsp3) is 0.625. The van der Waals surface area contributed by atoms with E-state index >= 15 is 0 Å². The molecule has 0 aliphatic heterocycles. The quantitative estimate of drug-likeness (QED) is 0.234. The Morgan fingerprint density at radius 3 is 1.61 bits per heavy atom. The van der Waals surface area contributed by atoms with Crippen molar-refractivity contribution in [3.8, 4) is 0 Å². The van der Waals surface area contributed by atoms with Crippen LogP contribution in [0.4, 0.5) is 0 Å². The lowest BCUT2D eigenvalue weighted by atomic mass is 9.95. The number of rotatable bonds is 18. The fourth-order valence-corrected chi connectivity index (χ4v) is 4.91. The van der Waals surface area contributed by atoms with Crippen molar-refractivity contribution >= 4 is 0 Å². The Balaban J connectivity index is 2.19. The molecule has 0 fully saturated rings. The SMILES string of the molecule is CCC(C)[C@@H](CO)NC[C@@H](NC[C@H](CC(C)C)N(Cc1ccccc1)Cc1ccccc1)C(C)CC. The van der Waals surface area contributed by atoms with Crippen LogP contribution in [0.25, 0.3) is 0 Å². The van der Waals surface area contributed by atoms with Gasteiger partial charge in [-0.05, 0) is 35.3 Å². The van der Waals surface area contributed by atoms with Crippen LogP contribution >= 0.6 is 0 Å². The van der Waals surface area contributed by atoms with Crippen LogP contribution in [0.15, 0.2) is 60.7 Å². The van der Waals surface area contributed by atoms with Gasteiger partial charge in [0.1, 0.15) is 0 Å². The molecule has 202 valence electrons. The minimum atomic E-state index is 0.155. The summed E-state index contributed by atoms with van der Waals surface area (Å²) in [4.78, 5) is 2.66. The lowest BCUT2D eigenvalue weighted by Crippen LogP contribution is -2.52. The Morgan fingerprint density at radius 2 is 1.17 bits per heavy atom. The molecule has 0 aliphatic rings. The van der Waals surface area contributed by atoms with Crippen LogP contribution in [0.2, 0.25) is 0 Å². The Labute approximate surface area is 221 Å². The van der Waals surface area contributed by atoms with E-state index in [1.807, 2.05) is 0 Å². The number of hydrogen-bond donors (Lipinski definition) is 3. The Morgan fingerprint density at radius 1 is 0.694 bits per heavy atom. The van der Waals surface area contributed by atoms with E-state index in [1.54, 1.807) is 0 Å². The molecule has 0 aliphatic carbocycles. The number of nitrogens with one attached hydrogen (secondary N) is 2. The summed E-state index contributed by atoms with van der Waals surface area (Å²) < 4.78 is 0. The lowest BCUT2D eigenvalue weighted by Gasteiger charge is -2.36. The summed E-state index contributed by atoms with van der Waals surface area (Å²) >= 11 is 0. The van der Waals surface area contributed by atoms with E-state index in [-0.39, 0.29) is 12.6 Å². The molecule has 0 saturated heterocycles. The first-order valence-electron chi connectivity index (χ1n) is 14.3. The molecule has 2 aromatic carbocycles. The van der Waals surface area contributed by atoms with Crippen molar-refractivity contribution in [2.24, 2.45) is 17.8 Å². The predicted molar refractivity (Wildman–Crippen MR) is 155 cm³/mol. The second-order valence-electron chi connectivity index (χ2n) is 11.1. The first kappa shape index (κ1) is 30.5. The lowest BCUT2D eigenvalue weighted by molar-refractivity contribution is 0.143. The number of aliphatic hydroxyl groups excluding tert-OH is 1. The van der Waals surface area contributed by atoms with E-state index in [1.165, 1.54) is 11.1 Å². The molecule has 0 saturated carbocycles. The highest BCUT2D eigenvalue weighted by Crippen LogP contribution is 2.19. The van der Waals surface area contributed by atoms with Crippen LogP contribution < -0.4 is 10.6 Å². The first-order valence-corrected chi connectivity index (χ1v) is 14.3. The molecule has 0 spiro atoms. The Hall–Kier alpha value is -1.72. The van der Waals surface area contributed by atoms with Crippen LogP contribution in [0.3, 0.4) is 0 Å². The average Bonchev–Trinajstić information content (AvgIpc) is 2.89. The smallest absolute Gasteiger partial charge is 0.0587 e. The fourth-order valence-electron chi connectivity index (χ4n) is 4.91. The normalized spacial score (nSPS) is 16.1. The monoisotopic (exact) mass is 495 g/mol. The second kappa shape index (κ2) is 16.9. The van der Waals surface area contributed by atoms with Gasteiger partial charge in [0, 0.05) is 44.3 Å². The van der Waals surface area contributed by atoms with Gasteiger partial charge in [0.05, 0.1) is 6.61 Å². The Kier molecular flexibility index (Phi) is 14.3. The summed E-state index contributed by atoms with van der Waals surface area (Å²) in [5, 5.41) is 17.6. The van der Waals surface area contributed by atoms with Crippen LogP contribution in [0.5, 0.6) is 0 Å². The van der Waals surface area contributed by atoms with Gasteiger partial charge in [-0.25, -0.2) is 0 Å². The molecular weight excluding hydrogens is 442 g/mol. The van der Waals surface area contributed by atoms with Crippen LogP contribution in [0, 0.1) is 17.8 Å². The van der Waals surface area contributed by atoms with E-state index in [0.29, 0.717) is 29.8 Å². The van der Waals surface area contributed by atoms with Gasteiger partial charge in [-0.1, -0.05) is 115 Å². The van der Waals surface area contributed by atoms with Crippen LogP contribution in [-0.4, -0.2) is 47.8 Å². The third-order valence-corrected chi connectivity index (χ3v) is 7.79. The van der Waals surface area contributed by atoms with Gasteiger partial charge in [-0.3, -0.25) is 4.90 Å². The zero-order valence-corrected chi connectivity index (χ0v) is 23.8. The van der Waals surface area contributed by atoms with Crippen molar-refractivity contribution in [3.05, 3.63) is 71.8 Å². The van der Waals surface area contributed by atoms with Gasteiger partial charge < -0.3 is 15.7 Å². The van der Waals surface area contributed by atoms with Gasteiger partial charge in [-0.2, -0.15) is 0 Å². The number of benzene rings is 2. The van der Waals surface area contributed by atoms with E-state index in [2.05, 4.69) is 118 Å². The van der Waals surface area contributed by atoms with E-state index in [9.17, 15) is 5.11 Å². The highest BCUT2D eigenvalue weighted by atomic mass is 16.3. The molecule has 0 aromatic heterocycles. The summed E-state index contributed by atoms with van der Waals surface area (Å²) in [6.07, 6.45) is 3.36. The minimum absolute atomic E-state index is 0.155. The van der Waals surface area contributed by atoms with Crippen molar-refractivity contribution in [2.75, 3.05) is 19.7 Å². The highest BCUT2D eigenvalue weighted by Gasteiger charge is 2.24. The minimum Gasteiger partial charge on any atom is -0.395 e. The van der Waals surface area contributed by atoms with Gasteiger partial charge in [0.2, 0.25) is 0 Å². The van der Waals surface area contributed by atoms with E-state index in [4.69, 9.17) is 0 Å². The molecule has 5 atom stereocenters. The maximum atomic E-state index is 9.92. The standard InChI is InChI=1S/C32H53N3O/c1-7-26(5)31(21-34-32(24-36)27(6)8-2)33-20-30(19-25(3)4)35(22-28-15-11-9-12-16-28)23-29-17-13-10-14-18-29/h9-18,25-27,30-34,36H,7-8,19-24H2,1-6H3/t26?,27?,30-,31+,32+/m0/s1. The molecule has 36 heavy (non-hydrogen) atoms. The zero-order chi connectivity index (χ0) is 26.3. The summed E-state index contributed by atoms with van der Waals surface area (Å²) in [6, 6.07) is 22.7. The van der Waals surface area contributed by atoms with E-state index < -0.39 is 0 Å². The summed E-state index contributed by atoms with van der Waals surface area (Å²) in [5.74, 6) is 1.65. The van der Waals surface area contributed by atoms with Gasteiger partial charge >= 0.3 is 0 Å². The summed E-state index contributed by atoms with van der Waals surface area (Å²) in [7, 11) is 0.